The number of amides is 1. The third-order valence-corrected chi connectivity index (χ3v) is 5.23. The first-order valence-corrected chi connectivity index (χ1v) is 10.5. The Morgan fingerprint density at radius 2 is 1.48 bits per heavy atom. The molecule has 4 heteroatoms. The van der Waals surface area contributed by atoms with Gasteiger partial charge in [0.05, 0.1) is 0 Å². The third kappa shape index (κ3) is 4.97. The summed E-state index contributed by atoms with van der Waals surface area (Å²) < 4.78 is 11.2. The van der Waals surface area contributed by atoms with Crippen LogP contribution in [0.25, 0.3) is 5.57 Å². The molecule has 3 aromatic rings. The number of hydrogen-bond donors (Lipinski definition) is 1. The average molecular weight is 414 g/mol. The predicted octanol–water partition coefficient (Wildman–Crippen LogP) is 5.83. The molecule has 1 N–H and O–H groups in total. The van der Waals surface area contributed by atoms with E-state index in [0.717, 1.165) is 16.7 Å². The zero-order chi connectivity index (χ0) is 21.8. The lowest BCUT2D eigenvalue weighted by Crippen LogP contribution is -2.16. The molecule has 0 atom stereocenters. The van der Waals surface area contributed by atoms with Crippen molar-refractivity contribution < 1.29 is 14.3 Å². The molecular formula is C27H27NO3. The molecule has 1 aliphatic heterocycles. The van der Waals surface area contributed by atoms with E-state index in [1.807, 2.05) is 42.5 Å². The number of anilines is 1. The fraction of sp³-hybridized carbons (Fsp3) is 0.222. The molecule has 0 spiro atoms. The molecule has 0 saturated carbocycles. The van der Waals surface area contributed by atoms with E-state index in [1.165, 1.54) is 5.56 Å². The van der Waals surface area contributed by atoms with Gasteiger partial charge in [0.2, 0.25) is 5.91 Å². The SMILES string of the molecule is CC(C)(C)c1ccc(C(=CC(=O)Nc2ccc3c(c2)OCCO3)c2ccccc2)cc1. The van der Waals surface area contributed by atoms with Crippen molar-refractivity contribution in [1.82, 2.24) is 0 Å². The van der Waals surface area contributed by atoms with Gasteiger partial charge >= 0.3 is 0 Å². The van der Waals surface area contributed by atoms with Crippen LogP contribution in [-0.4, -0.2) is 19.1 Å². The summed E-state index contributed by atoms with van der Waals surface area (Å²) >= 11 is 0. The zero-order valence-electron chi connectivity index (χ0n) is 18.1. The van der Waals surface area contributed by atoms with Crippen LogP contribution in [0, 0.1) is 0 Å². The lowest BCUT2D eigenvalue weighted by molar-refractivity contribution is -0.111. The van der Waals surface area contributed by atoms with Crippen molar-refractivity contribution >= 4 is 17.2 Å². The second kappa shape index (κ2) is 8.68. The van der Waals surface area contributed by atoms with Crippen LogP contribution in [0.2, 0.25) is 0 Å². The lowest BCUT2D eigenvalue weighted by atomic mass is 9.85. The van der Waals surface area contributed by atoms with Gasteiger partial charge < -0.3 is 14.8 Å². The van der Waals surface area contributed by atoms with E-state index in [9.17, 15) is 4.79 Å². The van der Waals surface area contributed by atoms with Crippen molar-refractivity contribution in [3.63, 3.8) is 0 Å². The van der Waals surface area contributed by atoms with E-state index in [2.05, 4.69) is 50.4 Å². The molecular weight excluding hydrogens is 386 g/mol. The van der Waals surface area contributed by atoms with Crippen molar-refractivity contribution in [2.75, 3.05) is 18.5 Å². The Morgan fingerprint density at radius 3 is 2.16 bits per heavy atom. The summed E-state index contributed by atoms with van der Waals surface area (Å²) in [7, 11) is 0. The quantitative estimate of drug-likeness (QED) is 0.548. The van der Waals surface area contributed by atoms with Crippen molar-refractivity contribution in [2.45, 2.75) is 26.2 Å². The second-order valence-electron chi connectivity index (χ2n) is 8.60. The summed E-state index contributed by atoms with van der Waals surface area (Å²) in [5.74, 6) is 1.15. The Hall–Kier alpha value is -3.53. The highest BCUT2D eigenvalue weighted by Gasteiger charge is 2.15. The summed E-state index contributed by atoms with van der Waals surface area (Å²) in [6.45, 7) is 7.62. The summed E-state index contributed by atoms with van der Waals surface area (Å²) in [6.07, 6.45) is 1.65. The minimum atomic E-state index is -0.199. The Labute approximate surface area is 183 Å². The molecule has 1 amide bonds. The lowest BCUT2D eigenvalue weighted by Gasteiger charge is -2.20. The molecule has 1 aliphatic rings. The normalized spacial score (nSPS) is 13.6. The Bertz CT molecular complexity index is 1090. The van der Waals surface area contributed by atoms with Gasteiger partial charge in [-0.25, -0.2) is 0 Å². The van der Waals surface area contributed by atoms with Crippen LogP contribution in [0.1, 0.15) is 37.5 Å². The fourth-order valence-corrected chi connectivity index (χ4v) is 3.53. The number of benzene rings is 3. The van der Waals surface area contributed by atoms with Gasteiger partial charge in [0.1, 0.15) is 13.2 Å². The highest BCUT2D eigenvalue weighted by Crippen LogP contribution is 2.33. The zero-order valence-corrected chi connectivity index (χ0v) is 18.1. The van der Waals surface area contributed by atoms with E-state index < -0.39 is 0 Å². The van der Waals surface area contributed by atoms with Gasteiger partial charge in [0, 0.05) is 17.8 Å². The van der Waals surface area contributed by atoms with E-state index in [4.69, 9.17) is 9.47 Å². The number of ether oxygens (including phenoxy) is 2. The largest absolute Gasteiger partial charge is 0.486 e. The highest BCUT2D eigenvalue weighted by molar-refractivity contribution is 6.06. The third-order valence-electron chi connectivity index (χ3n) is 5.23. The minimum absolute atomic E-state index is 0.0742. The van der Waals surface area contributed by atoms with Gasteiger partial charge in [0.15, 0.2) is 11.5 Å². The Morgan fingerprint density at radius 1 is 0.839 bits per heavy atom. The van der Waals surface area contributed by atoms with Gasteiger partial charge in [-0.1, -0.05) is 75.4 Å². The van der Waals surface area contributed by atoms with E-state index in [0.29, 0.717) is 30.4 Å². The molecule has 0 unspecified atom stereocenters. The average Bonchev–Trinajstić information content (AvgIpc) is 2.77. The van der Waals surface area contributed by atoms with Crippen LogP contribution in [0.15, 0.2) is 78.9 Å². The van der Waals surface area contributed by atoms with Crippen LogP contribution >= 0.6 is 0 Å². The summed E-state index contributed by atoms with van der Waals surface area (Å²) in [6, 6.07) is 23.8. The van der Waals surface area contributed by atoms with E-state index in [-0.39, 0.29) is 11.3 Å². The molecule has 31 heavy (non-hydrogen) atoms. The van der Waals surface area contributed by atoms with Crippen LogP contribution in [0.4, 0.5) is 5.69 Å². The number of rotatable bonds is 4. The van der Waals surface area contributed by atoms with Crippen LogP contribution in [0.5, 0.6) is 11.5 Å². The molecule has 4 nitrogen and oxygen atoms in total. The molecule has 1 heterocycles. The fourth-order valence-electron chi connectivity index (χ4n) is 3.53. The van der Waals surface area contributed by atoms with E-state index >= 15 is 0 Å². The molecule has 0 fully saturated rings. The molecule has 4 rings (SSSR count). The van der Waals surface area contributed by atoms with Gasteiger partial charge in [-0.15, -0.1) is 0 Å². The molecule has 0 aromatic heterocycles. The molecule has 0 aliphatic carbocycles. The Kier molecular flexibility index (Phi) is 5.81. The predicted molar refractivity (Wildman–Crippen MR) is 125 cm³/mol. The summed E-state index contributed by atoms with van der Waals surface area (Å²) in [4.78, 5) is 12.9. The van der Waals surface area contributed by atoms with Crippen molar-refractivity contribution in [2.24, 2.45) is 0 Å². The molecule has 0 saturated heterocycles. The standard InChI is InChI=1S/C27H27NO3/c1-27(2,3)21-11-9-20(10-12-21)23(19-7-5-4-6-8-19)18-26(29)28-22-13-14-24-25(17-22)31-16-15-30-24/h4-14,17-18H,15-16H2,1-3H3,(H,28,29). The van der Waals surface area contributed by atoms with Gasteiger partial charge in [-0.2, -0.15) is 0 Å². The molecule has 0 radical (unpaired) electrons. The molecule has 0 bridgehead atoms. The smallest absolute Gasteiger partial charge is 0.249 e. The van der Waals surface area contributed by atoms with Crippen LogP contribution in [0.3, 0.4) is 0 Å². The maximum atomic E-state index is 12.9. The number of carbonyl (C=O) groups excluding carboxylic acids is 1. The minimum Gasteiger partial charge on any atom is -0.486 e. The van der Waals surface area contributed by atoms with Crippen molar-refractivity contribution in [1.29, 1.82) is 0 Å². The number of carbonyl (C=O) groups is 1. The number of hydrogen-bond acceptors (Lipinski definition) is 3. The van der Waals surface area contributed by atoms with Gasteiger partial charge in [-0.05, 0) is 39.8 Å². The maximum Gasteiger partial charge on any atom is 0.249 e. The summed E-state index contributed by atoms with van der Waals surface area (Å²) in [5, 5.41) is 2.95. The second-order valence-corrected chi connectivity index (χ2v) is 8.60. The topological polar surface area (TPSA) is 47.6 Å². The van der Waals surface area contributed by atoms with Crippen LogP contribution < -0.4 is 14.8 Å². The molecule has 3 aromatic carbocycles. The monoisotopic (exact) mass is 413 g/mol. The maximum absolute atomic E-state index is 12.9. The number of nitrogens with one attached hydrogen (secondary N) is 1. The van der Waals surface area contributed by atoms with Crippen molar-refractivity contribution in [3.05, 3.63) is 95.6 Å². The molecule has 158 valence electrons. The van der Waals surface area contributed by atoms with Crippen molar-refractivity contribution in [3.8, 4) is 11.5 Å². The number of fused-ring (bicyclic) bond motifs is 1. The Balaban J connectivity index is 1.63. The first kappa shape index (κ1) is 20.7. The van der Waals surface area contributed by atoms with Gasteiger partial charge in [0.25, 0.3) is 0 Å². The first-order chi connectivity index (χ1) is 14.9. The van der Waals surface area contributed by atoms with Crippen LogP contribution in [-0.2, 0) is 10.2 Å². The van der Waals surface area contributed by atoms with E-state index in [1.54, 1.807) is 12.1 Å². The summed E-state index contributed by atoms with van der Waals surface area (Å²) in [5.41, 5.74) is 4.85. The highest BCUT2D eigenvalue weighted by atomic mass is 16.6. The van der Waals surface area contributed by atoms with Gasteiger partial charge in [-0.3, -0.25) is 4.79 Å². The first-order valence-electron chi connectivity index (χ1n) is 10.5.